The summed E-state index contributed by atoms with van der Waals surface area (Å²) in [5.41, 5.74) is 4.38. The second kappa shape index (κ2) is 5.74. The predicted octanol–water partition coefficient (Wildman–Crippen LogP) is 3.12. The van der Waals surface area contributed by atoms with E-state index in [-0.39, 0.29) is 0 Å². The number of anilines is 1. The second-order valence-corrected chi connectivity index (χ2v) is 8.75. The fourth-order valence-corrected chi connectivity index (χ4v) is 4.65. The summed E-state index contributed by atoms with van der Waals surface area (Å²) in [6.07, 6.45) is 3.71. The molecule has 0 saturated heterocycles. The lowest BCUT2D eigenvalue weighted by Gasteiger charge is -2.17. The third-order valence-electron chi connectivity index (χ3n) is 4.42. The van der Waals surface area contributed by atoms with Crippen LogP contribution in [0.15, 0.2) is 41.1 Å². The van der Waals surface area contributed by atoms with Crippen LogP contribution in [0.5, 0.6) is 5.75 Å². The van der Waals surface area contributed by atoms with Gasteiger partial charge in [-0.1, -0.05) is 6.07 Å². The topological polar surface area (TPSA) is 64.4 Å². The molecule has 0 spiro atoms. The van der Waals surface area contributed by atoms with E-state index in [4.69, 9.17) is 4.74 Å². The van der Waals surface area contributed by atoms with Crippen LogP contribution in [0.25, 0.3) is 16.7 Å². The van der Waals surface area contributed by atoms with Crippen molar-refractivity contribution >= 4 is 42.7 Å². The summed E-state index contributed by atoms with van der Waals surface area (Å²) in [5.74, 6) is 0.718. The van der Waals surface area contributed by atoms with Crippen molar-refractivity contribution in [1.82, 2.24) is 9.55 Å². The maximum absolute atomic E-state index is 12.0. The van der Waals surface area contributed by atoms with Gasteiger partial charge in [0.15, 0.2) is 0 Å². The van der Waals surface area contributed by atoms with Crippen molar-refractivity contribution in [2.24, 2.45) is 0 Å². The Kier molecular flexibility index (Phi) is 3.77. The average Bonchev–Trinajstić information content (AvgIpc) is 3.16. The first-order chi connectivity index (χ1) is 11.9. The minimum absolute atomic E-state index is 0.491. The lowest BCUT2D eigenvalue weighted by Crippen LogP contribution is -2.27. The molecule has 0 saturated carbocycles. The Morgan fingerprint density at radius 2 is 2.04 bits per heavy atom. The Morgan fingerprint density at radius 1 is 1.24 bits per heavy atom. The number of ether oxygens (including phenoxy) is 1. The molecule has 6 nitrogen and oxygen atoms in total. The van der Waals surface area contributed by atoms with Crippen molar-refractivity contribution in [3.8, 4) is 11.4 Å². The number of sulfonamides is 1. The minimum atomic E-state index is -3.28. The summed E-state index contributed by atoms with van der Waals surface area (Å²) >= 11 is 3.50. The summed E-state index contributed by atoms with van der Waals surface area (Å²) in [6, 6.07) is 9.70. The zero-order chi connectivity index (χ0) is 17.8. The molecule has 0 fully saturated rings. The van der Waals surface area contributed by atoms with Crippen LogP contribution >= 0.6 is 15.9 Å². The largest absolute Gasteiger partial charge is 0.495 e. The van der Waals surface area contributed by atoms with E-state index < -0.39 is 10.0 Å². The van der Waals surface area contributed by atoms with Crippen molar-refractivity contribution in [2.75, 3.05) is 24.2 Å². The molecule has 0 unspecified atom stereocenters. The van der Waals surface area contributed by atoms with E-state index in [2.05, 4.69) is 20.9 Å². The molecule has 0 amide bonds. The number of nitrogens with zero attached hydrogens (tertiary/aromatic N) is 3. The highest BCUT2D eigenvalue weighted by Gasteiger charge is 2.26. The first-order valence-electron chi connectivity index (χ1n) is 7.70. The van der Waals surface area contributed by atoms with E-state index >= 15 is 0 Å². The van der Waals surface area contributed by atoms with E-state index in [0.717, 1.165) is 44.6 Å². The van der Waals surface area contributed by atoms with Crippen LogP contribution in [0, 0.1) is 0 Å². The van der Waals surface area contributed by atoms with E-state index in [0.29, 0.717) is 6.54 Å². The number of imidazole rings is 1. The van der Waals surface area contributed by atoms with Crippen molar-refractivity contribution in [2.45, 2.75) is 6.42 Å². The zero-order valence-electron chi connectivity index (χ0n) is 13.7. The number of hydrogen-bond acceptors (Lipinski definition) is 4. The maximum atomic E-state index is 12.0. The molecule has 1 aliphatic heterocycles. The van der Waals surface area contributed by atoms with Gasteiger partial charge >= 0.3 is 0 Å². The number of benzene rings is 2. The molecule has 4 rings (SSSR count). The second-order valence-electron chi connectivity index (χ2n) is 5.99. The number of hydrogen-bond donors (Lipinski definition) is 0. The van der Waals surface area contributed by atoms with Gasteiger partial charge in [0.1, 0.15) is 12.1 Å². The highest BCUT2D eigenvalue weighted by molar-refractivity contribution is 9.10. The van der Waals surface area contributed by atoms with Crippen LogP contribution in [-0.2, 0) is 16.4 Å². The van der Waals surface area contributed by atoms with Crippen LogP contribution in [0.3, 0.4) is 0 Å². The summed E-state index contributed by atoms with van der Waals surface area (Å²) in [6.45, 7) is 0.491. The van der Waals surface area contributed by atoms with Crippen LogP contribution in [-0.4, -0.2) is 37.9 Å². The van der Waals surface area contributed by atoms with Crippen LogP contribution in [0.1, 0.15) is 5.56 Å². The van der Waals surface area contributed by atoms with Crippen molar-refractivity contribution in [1.29, 1.82) is 0 Å². The normalized spacial score (nSPS) is 14.1. The van der Waals surface area contributed by atoms with E-state index in [1.54, 1.807) is 13.4 Å². The fraction of sp³-hybridized carbons (Fsp3) is 0.235. The Balaban J connectivity index is 1.87. The Labute approximate surface area is 154 Å². The SMILES string of the molecule is COc1cc2ncn(-c3ccc4c(c3)N(S(C)(=O)=O)CC4)c2cc1Br. The minimum Gasteiger partial charge on any atom is -0.495 e. The summed E-state index contributed by atoms with van der Waals surface area (Å²) in [4.78, 5) is 4.44. The van der Waals surface area contributed by atoms with Gasteiger partial charge in [0, 0.05) is 18.3 Å². The third kappa shape index (κ3) is 2.69. The van der Waals surface area contributed by atoms with Gasteiger partial charge in [-0.25, -0.2) is 13.4 Å². The van der Waals surface area contributed by atoms with Gasteiger partial charge in [0.2, 0.25) is 10.0 Å². The first-order valence-corrected chi connectivity index (χ1v) is 10.3. The fourth-order valence-electron chi connectivity index (χ4n) is 3.21. The molecule has 3 aromatic rings. The molecule has 2 aromatic carbocycles. The van der Waals surface area contributed by atoms with Gasteiger partial charge in [-0.15, -0.1) is 0 Å². The Morgan fingerprint density at radius 3 is 2.76 bits per heavy atom. The summed E-state index contributed by atoms with van der Waals surface area (Å²) < 4.78 is 33.6. The van der Waals surface area contributed by atoms with E-state index in [1.807, 2.05) is 34.9 Å². The van der Waals surface area contributed by atoms with Crippen LogP contribution in [0.2, 0.25) is 0 Å². The highest BCUT2D eigenvalue weighted by atomic mass is 79.9. The number of halogens is 1. The number of fused-ring (bicyclic) bond motifs is 2. The smallest absolute Gasteiger partial charge is 0.232 e. The summed E-state index contributed by atoms with van der Waals surface area (Å²) in [7, 11) is -1.66. The van der Waals surface area contributed by atoms with Gasteiger partial charge in [-0.2, -0.15) is 0 Å². The zero-order valence-corrected chi connectivity index (χ0v) is 16.1. The van der Waals surface area contributed by atoms with Gasteiger partial charge in [0.25, 0.3) is 0 Å². The molecule has 1 aromatic heterocycles. The predicted molar refractivity (Wildman–Crippen MR) is 101 cm³/mol. The Bertz CT molecular complexity index is 1090. The number of aromatic nitrogens is 2. The average molecular weight is 422 g/mol. The first kappa shape index (κ1) is 16.4. The maximum Gasteiger partial charge on any atom is 0.232 e. The molecule has 0 radical (unpaired) electrons. The van der Waals surface area contributed by atoms with Crippen LogP contribution in [0.4, 0.5) is 5.69 Å². The third-order valence-corrected chi connectivity index (χ3v) is 6.22. The standard InChI is InChI=1S/C17H16BrN3O3S/c1-24-17-9-14-16(8-13(17)18)20(10-19-14)12-4-3-11-5-6-21(15(11)7-12)25(2,22)23/h3-4,7-10H,5-6H2,1-2H3. The molecule has 25 heavy (non-hydrogen) atoms. The van der Waals surface area contributed by atoms with Crippen molar-refractivity contribution in [3.63, 3.8) is 0 Å². The molecule has 0 N–H and O–H groups in total. The molecule has 8 heteroatoms. The van der Waals surface area contributed by atoms with Gasteiger partial charge in [-0.05, 0) is 46.1 Å². The molecule has 0 aliphatic carbocycles. The van der Waals surface area contributed by atoms with Gasteiger partial charge < -0.3 is 4.74 Å². The molecule has 2 heterocycles. The molecular weight excluding hydrogens is 406 g/mol. The number of rotatable bonds is 3. The quantitative estimate of drug-likeness (QED) is 0.651. The lowest BCUT2D eigenvalue weighted by molar-refractivity contribution is 0.412. The van der Waals surface area contributed by atoms with Gasteiger partial charge in [0.05, 0.1) is 34.6 Å². The summed E-state index contributed by atoms with van der Waals surface area (Å²) in [5, 5.41) is 0. The van der Waals surface area contributed by atoms with E-state index in [9.17, 15) is 8.42 Å². The van der Waals surface area contributed by atoms with Crippen molar-refractivity contribution in [3.05, 3.63) is 46.7 Å². The Hall–Kier alpha value is -2.06. The van der Waals surface area contributed by atoms with E-state index in [1.165, 1.54) is 10.6 Å². The molecule has 0 atom stereocenters. The molecule has 130 valence electrons. The van der Waals surface area contributed by atoms with Gasteiger partial charge in [-0.3, -0.25) is 8.87 Å². The molecule has 0 bridgehead atoms. The monoisotopic (exact) mass is 421 g/mol. The lowest BCUT2D eigenvalue weighted by atomic mass is 10.1. The van der Waals surface area contributed by atoms with Crippen LogP contribution < -0.4 is 9.04 Å². The van der Waals surface area contributed by atoms with Crippen molar-refractivity contribution < 1.29 is 13.2 Å². The molecular formula is C17H16BrN3O3S. The number of methoxy groups -OCH3 is 1. The highest BCUT2D eigenvalue weighted by Crippen LogP contribution is 2.34. The molecule has 1 aliphatic rings.